The Bertz CT molecular complexity index is 1290. The highest BCUT2D eigenvalue weighted by Gasteiger charge is 2.10. The van der Waals surface area contributed by atoms with E-state index in [2.05, 4.69) is 43.4 Å². The Kier molecular flexibility index (Phi) is 8.26. The standard InChI is InChI=1S/C25H22BrClN4O2S/c1-17-29-30-25(34-16-18-7-10-21(26)11-8-18)31(17)28-14-19-9-12-23(24(13-19)32-2)33-15-20-5-3-4-6-22(20)27/h3-14H,15-16H2,1-2H3/b28-14+. The lowest BCUT2D eigenvalue weighted by atomic mass is 10.2. The Balaban J connectivity index is 1.45. The molecule has 174 valence electrons. The Labute approximate surface area is 216 Å². The molecular weight excluding hydrogens is 536 g/mol. The lowest BCUT2D eigenvalue weighted by molar-refractivity contribution is 0.284. The van der Waals surface area contributed by atoms with Crippen LogP contribution in [0.4, 0.5) is 0 Å². The van der Waals surface area contributed by atoms with E-state index in [1.54, 1.807) is 29.8 Å². The fourth-order valence-electron chi connectivity index (χ4n) is 3.07. The van der Waals surface area contributed by atoms with E-state index in [1.165, 1.54) is 5.56 Å². The molecule has 0 N–H and O–H groups in total. The molecule has 0 aliphatic carbocycles. The van der Waals surface area contributed by atoms with Crippen molar-refractivity contribution in [2.45, 2.75) is 24.4 Å². The molecule has 6 nitrogen and oxygen atoms in total. The second-order valence-corrected chi connectivity index (χ2v) is 9.56. The lowest BCUT2D eigenvalue weighted by Crippen LogP contribution is -2.00. The third kappa shape index (κ3) is 6.20. The van der Waals surface area contributed by atoms with Crippen molar-refractivity contribution >= 4 is 45.5 Å². The summed E-state index contributed by atoms with van der Waals surface area (Å²) in [5, 5.41) is 14.4. The summed E-state index contributed by atoms with van der Waals surface area (Å²) < 4.78 is 14.3. The van der Waals surface area contributed by atoms with Crippen LogP contribution in [0.3, 0.4) is 0 Å². The molecule has 4 aromatic rings. The van der Waals surface area contributed by atoms with Gasteiger partial charge < -0.3 is 9.47 Å². The fourth-order valence-corrected chi connectivity index (χ4v) is 4.41. The van der Waals surface area contributed by atoms with E-state index in [9.17, 15) is 0 Å². The largest absolute Gasteiger partial charge is 0.493 e. The number of aryl methyl sites for hydroxylation is 1. The second kappa shape index (κ2) is 11.6. The minimum Gasteiger partial charge on any atom is -0.493 e. The molecule has 0 amide bonds. The topological polar surface area (TPSA) is 61.5 Å². The fraction of sp³-hybridized carbons (Fsp3) is 0.160. The number of nitrogens with zero attached hydrogens (tertiary/aromatic N) is 4. The molecule has 1 aromatic heterocycles. The van der Waals surface area contributed by atoms with Crippen LogP contribution in [-0.4, -0.2) is 28.2 Å². The van der Waals surface area contributed by atoms with Crippen molar-refractivity contribution in [1.29, 1.82) is 0 Å². The van der Waals surface area contributed by atoms with Crippen molar-refractivity contribution in [1.82, 2.24) is 14.9 Å². The van der Waals surface area contributed by atoms with Gasteiger partial charge in [0.05, 0.1) is 13.3 Å². The first kappa shape index (κ1) is 24.3. The maximum Gasteiger partial charge on any atom is 0.212 e. The zero-order chi connectivity index (χ0) is 23.9. The van der Waals surface area contributed by atoms with E-state index in [4.69, 9.17) is 21.1 Å². The summed E-state index contributed by atoms with van der Waals surface area (Å²) in [5.74, 6) is 2.72. The monoisotopic (exact) mass is 556 g/mol. The highest BCUT2D eigenvalue weighted by atomic mass is 79.9. The number of hydrogen-bond acceptors (Lipinski definition) is 6. The smallest absolute Gasteiger partial charge is 0.212 e. The molecule has 0 spiro atoms. The molecule has 34 heavy (non-hydrogen) atoms. The Morgan fingerprint density at radius 1 is 1.06 bits per heavy atom. The van der Waals surface area contributed by atoms with Crippen molar-refractivity contribution in [2.75, 3.05) is 7.11 Å². The van der Waals surface area contributed by atoms with E-state index in [1.807, 2.05) is 61.5 Å². The number of hydrogen-bond donors (Lipinski definition) is 0. The Hall–Kier alpha value is -2.81. The van der Waals surface area contributed by atoms with E-state index >= 15 is 0 Å². The van der Waals surface area contributed by atoms with Crippen molar-refractivity contribution in [3.63, 3.8) is 0 Å². The third-order valence-electron chi connectivity index (χ3n) is 4.90. The maximum atomic E-state index is 6.22. The number of halogens is 2. The molecule has 1 heterocycles. The molecule has 3 aromatic carbocycles. The van der Waals surface area contributed by atoms with E-state index in [0.29, 0.717) is 29.0 Å². The van der Waals surface area contributed by atoms with Crippen molar-refractivity contribution in [3.8, 4) is 11.5 Å². The zero-order valence-corrected chi connectivity index (χ0v) is 21.8. The minimum absolute atomic E-state index is 0.350. The first-order chi connectivity index (χ1) is 16.5. The molecule has 4 rings (SSSR count). The summed E-state index contributed by atoms with van der Waals surface area (Å²) in [6.07, 6.45) is 1.75. The van der Waals surface area contributed by atoms with Crippen LogP contribution in [0.5, 0.6) is 11.5 Å². The second-order valence-electron chi connectivity index (χ2n) is 7.29. The average molecular weight is 558 g/mol. The van der Waals surface area contributed by atoms with E-state index in [0.717, 1.165) is 26.5 Å². The van der Waals surface area contributed by atoms with Gasteiger partial charge in [0.15, 0.2) is 17.3 Å². The molecule has 0 saturated carbocycles. The molecule has 0 fully saturated rings. The van der Waals surface area contributed by atoms with Gasteiger partial charge in [-0.15, -0.1) is 10.2 Å². The van der Waals surface area contributed by atoms with Gasteiger partial charge >= 0.3 is 0 Å². The van der Waals surface area contributed by atoms with Crippen molar-refractivity contribution in [3.05, 3.63) is 98.7 Å². The number of ether oxygens (including phenoxy) is 2. The molecule has 0 atom stereocenters. The van der Waals surface area contributed by atoms with Gasteiger partial charge in [-0.1, -0.05) is 69.6 Å². The SMILES string of the molecule is COc1cc(/C=N/n2c(C)nnc2SCc2ccc(Br)cc2)ccc1OCc1ccccc1Cl. The van der Waals surface area contributed by atoms with Crippen molar-refractivity contribution in [2.24, 2.45) is 5.10 Å². The molecular formula is C25H22BrClN4O2S. The van der Waals surface area contributed by atoms with Gasteiger partial charge in [-0.05, 0) is 54.4 Å². The number of thioether (sulfide) groups is 1. The molecule has 0 aliphatic heterocycles. The van der Waals surface area contributed by atoms with Gasteiger partial charge in [0.1, 0.15) is 6.61 Å². The molecule has 0 aliphatic rings. The van der Waals surface area contributed by atoms with Crippen LogP contribution < -0.4 is 9.47 Å². The van der Waals surface area contributed by atoms with E-state index < -0.39 is 0 Å². The highest BCUT2D eigenvalue weighted by molar-refractivity contribution is 9.10. The van der Waals surface area contributed by atoms with Gasteiger partial charge in [0, 0.05) is 20.8 Å². The average Bonchev–Trinajstić information content (AvgIpc) is 3.21. The first-order valence-corrected chi connectivity index (χ1v) is 12.6. The molecule has 0 saturated heterocycles. The van der Waals surface area contributed by atoms with Crippen LogP contribution in [0.1, 0.15) is 22.5 Å². The third-order valence-corrected chi connectivity index (χ3v) is 6.79. The van der Waals surface area contributed by atoms with Crippen LogP contribution in [0, 0.1) is 6.92 Å². The molecule has 0 radical (unpaired) electrons. The summed E-state index contributed by atoms with van der Waals surface area (Å²) in [4.78, 5) is 0. The predicted molar refractivity (Wildman–Crippen MR) is 140 cm³/mol. The van der Waals surface area contributed by atoms with Gasteiger partial charge in [-0.3, -0.25) is 0 Å². The van der Waals surface area contributed by atoms with Gasteiger partial charge in [-0.25, -0.2) is 0 Å². The quantitative estimate of drug-likeness (QED) is 0.168. The Morgan fingerprint density at radius 2 is 1.85 bits per heavy atom. The number of benzene rings is 3. The Morgan fingerprint density at radius 3 is 2.62 bits per heavy atom. The number of aromatic nitrogens is 3. The van der Waals surface area contributed by atoms with Crippen LogP contribution in [0.25, 0.3) is 0 Å². The van der Waals surface area contributed by atoms with Gasteiger partial charge in [0.25, 0.3) is 0 Å². The normalized spacial score (nSPS) is 11.2. The van der Waals surface area contributed by atoms with Crippen LogP contribution in [0.15, 0.2) is 81.5 Å². The first-order valence-electron chi connectivity index (χ1n) is 10.4. The van der Waals surface area contributed by atoms with Crippen LogP contribution >= 0.6 is 39.3 Å². The summed E-state index contributed by atoms with van der Waals surface area (Å²) in [7, 11) is 1.61. The van der Waals surface area contributed by atoms with Crippen LogP contribution in [0.2, 0.25) is 5.02 Å². The van der Waals surface area contributed by atoms with Crippen molar-refractivity contribution < 1.29 is 9.47 Å². The highest BCUT2D eigenvalue weighted by Crippen LogP contribution is 2.29. The number of rotatable bonds is 9. The molecule has 0 bridgehead atoms. The van der Waals surface area contributed by atoms with Gasteiger partial charge in [-0.2, -0.15) is 9.78 Å². The predicted octanol–water partition coefficient (Wildman–Crippen LogP) is 6.76. The molecule has 0 unspecified atom stereocenters. The summed E-state index contributed by atoms with van der Waals surface area (Å²) >= 11 is 11.3. The summed E-state index contributed by atoms with van der Waals surface area (Å²) in [5.41, 5.74) is 2.97. The maximum absolute atomic E-state index is 6.22. The minimum atomic E-state index is 0.350. The van der Waals surface area contributed by atoms with Crippen LogP contribution in [-0.2, 0) is 12.4 Å². The van der Waals surface area contributed by atoms with Gasteiger partial charge in [0.2, 0.25) is 5.16 Å². The molecule has 9 heteroatoms. The summed E-state index contributed by atoms with van der Waals surface area (Å²) in [6.45, 7) is 2.22. The van der Waals surface area contributed by atoms with E-state index in [-0.39, 0.29) is 0 Å². The number of methoxy groups -OCH3 is 1. The lowest BCUT2D eigenvalue weighted by Gasteiger charge is -2.12. The summed E-state index contributed by atoms with van der Waals surface area (Å²) in [6, 6.07) is 21.5. The zero-order valence-electron chi connectivity index (χ0n) is 18.6.